The van der Waals surface area contributed by atoms with E-state index >= 15 is 0 Å². The Morgan fingerprint density at radius 3 is 2.84 bits per heavy atom. The summed E-state index contributed by atoms with van der Waals surface area (Å²) >= 11 is 0. The Bertz CT molecular complexity index is 593. The van der Waals surface area contributed by atoms with Crippen molar-refractivity contribution in [2.24, 2.45) is 0 Å². The Morgan fingerprint density at radius 2 is 2.05 bits per heavy atom. The number of benzene rings is 1. The van der Waals surface area contributed by atoms with E-state index in [0.29, 0.717) is 16.6 Å². The van der Waals surface area contributed by atoms with Crippen molar-refractivity contribution in [1.82, 2.24) is 15.6 Å². The molecule has 1 aliphatic rings. The molecule has 2 heterocycles. The zero-order chi connectivity index (χ0) is 13.2. The van der Waals surface area contributed by atoms with Crippen molar-refractivity contribution in [3.8, 4) is 0 Å². The van der Waals surface area contributed by atoms with Gasteiger partial charge in [0.2, 0.25) is 0 Å². The molecule has 1 aliphatic heterocycles. The van der Waals surface area contributed by atoms with Gasteiger partial charge >= 0.3 is 0 Å². The van der Waals surface area contributed by atoms with Crippen molar-refractivity contribution in [3.05, 3.63) is 23.8 Å². The fourth-order valence-corrected chi connectivity index (χ4v) is 2.46. The van der Waals surface area contributed by atoms with E-state index in [4.69, 9.17) is 7.74 Å². The maximum absolute atomic E-state index is 12.1. The van der Waals surface area contributed by atoms with Crippen molar-refractivity contribution >= 4 is 31.3 Å². The van der Waals surface area contributed by atoms with Crippen molar-refractivity contribution in [3.63, 3.8) is 0 Å². The Kier molecular flexibility index (Phi) is 3.27. The highest BCUT2D eigenvalue weighted by atomic mass is 16.6. The summed E-state index contributed by atoms with van der Waals surface area (Å²) in [5.41, 5.74) is 1.83. The van der Waals surface area contributed by atoms with E-state index in [1.165, 1.54) is 0 Å². The van der Waals surface area contributed by atoms with Gasteiger partial charge in [-0.3, -0.25) is 4.79 Å². The van der Waals surface area contributed by atoms with E-state index < -0.39 is 0 Å². The van der Waals surface area contributed by atoms with Crippen LogP contribution in [0.2, 0.25) is 12.6 Å². The smallest absolute Gasteiger partial charge is 0.251 e. The van der Waals surface area contributed by atoms with Gasteiger partial charge in [-0.25, -0.2) is 4.63 Å². The molecular weight excluding hydrogens is 240 g/mol. The van der Waals surface area contributed by atoms with Crippen LogP contribution in [0.25, 0.3) is 11.0 Å². The van der Waals surface area contributed by atoms with Gasteiger partial charge < -0.3 is 5.32 Å². The number of aromatic nitrogens is 2. The molecule has 1 saturated heterocycles. The summed E-state index contributed by atoms with van der Waals surface area (Å²) in [5.74, 6) is -0.0784. The first-order valence-electron chi connectivity index (χ1n) is 6.51. The molecule has 5 nitrogen and oxygen atoms in total. The molecule has 2 radical (unpaired) electrons. The Morgan fingerprint density at radius 1 is 1.32 bits per heavy atom. The Labute approximate surface area is 112 Å². The van der Waals surface area contributed by atoms with Crippen molar-refractivity contribution in [2.75, 3.05) is 0 Å². The molecule has 3 rings (SSSR count). The van der Waals surface area contributed by atoms with E-state index in [1.807, 2.05) is 0 Å². The van der Waals surface area contributed by atoms with E-state index in [2.05, 4.69) is 20.3 Å². The molecule has 0 spiro atoms. The molecule has 94 valence electrons. The quantitative estimate of drug-likeness (QED) is 0.818. The minimum atomic E-state index is -0.0784. The van der Waals surface area contributed by atoms with Gasteiger partial charge in [-0.05, 0) is 41.4 Å². The number of fused-ring (bicyclic) bond motifs is 1. The number of amides is 1. The third-order valence-electron chi connectivity index (χ3n) is 3.62. The number of carbonyl (C=O) groups excluding carboxylic acids is 1. The predicted molar refractivity (Wildman–Crippen MR) is 73.4 cm³/mol. The summed E-state index contributed by atoms with van der Waals surface area (Å²) in [6.45, 7) is 0.283. The van der Waals surface area contributed by atoms with E-state index in [-0.39, 0.29) is 18.6 Å². The van der Waals surface area contributed by atoms with Crippen molar-refractivity contribution in [2.45, 2.75) is 31.5 Å². The summed E-state index contributed by atoms with van der Waals surface area (Å²) in [7, 11) is 5.85. The average molecular weight is 253 g/mol. The van der Waals surface area contributed by atoms with Gasteiger partial charge in [0, 0.05) is 19.3 Å². The summed E-state index contributed by atoms with van der Waals surface area (Å²) in [4.78, 5) is 12.1. The third kappa shape index (κ3) is 2.64. The van der Waals surface area contributed by atoms with E-state index in [0.717, 1.165) is 25.5 Å². The topological polar surface area (TPSA) is 68.0 Å². The van der Waals surface area contributed by atoms with Crippen LogP contribution in [0.1, 0.15) is 23.2 Å². The fourth-order valence-electron chi connectivity index (χ4n) is 2.46. The van der Waals surface area contributed by atoms with Crippen molar-refractivity contribution in [1.29, 1.82) is 0 Å². The highest BCUT2D eigenvalue weighted by Crippen LogP contribution is 2.18. The molecule has 1 amide bonds. The molecular formula is C12H13B2N3O2. The molecule has 2 aromatic rings. The van der Waals surface area contributed by atoms with Crippen LogP contribution < -0.4 is 5.32 Å². The lowest BCUT2D eigenvalue weighted by Crippen LogP contribution is -2.39. The predicted octanol–water partition coefficient (Wildman–Crippen LogP) is 1.27. The second-order valence-electron chi connectivity index (χ2n) is 5.05. The van der Waals surface area contributed by atoms with E-state index in [1.54, 1.807) is 18.2 Å². The van der Waals surface area contributed by atoms with Crippen LogP contribution in [0.5, 0.6) is 0 Å². The number of nitrogens with one attached hydrogen (secondary N) is 1. The molecule has 1 aromatic carbocycles. The first-order chi connectivity index (χ1) is 9.22. The summed E-state index contributed by atoms with van der Waals surface area (Å²) in [6.07, 6.45) is 3.83. The van der Waals surface area contributed by atoms with Crippen LogP contribution in [0, 0.1) is 0 Å². The summed E-state index contributed by atoms with van der Waals surface area (Å²) in [6, 6.07) is 5.38. The third-order valence-corrected chi connectivity index (χ3v) is 3.62. The zero-order valence-corrected chi connectivity index (χ0v) is 10.5. The largest absolute Gasteiger partial charge is 0.349 e. The normalized spacial score (nSPS) is 16.7. The molecule has 0 unspecified atom stereocenters. The van der Waals surface area contributed by atoms with Gasteiger partial charge in [-0.2, -0.15) is 0 Å². The monoisotopic (exact) mass is 253 g/mol. The zero-order valence-electron chi connectivity index (χ0n) is 10.5. The lowest BCUT2D eigenvalue weighted by Gasteiger charge is -2.25. The first-order valence-corrected chi connectivity index (χ1v) is 6.51. The average Bonchev–Trinajstić information content (AvgIpc) is 2.88. The summed E-state index contributed by atoms with van der Waals surface area (Å²) < 4.78 is 4.62. The molecule has 7 heteroatoms. The number of hydrogen-bond acceptors (Lipinski definition) is 4. The Hall–Kier alpha value is -1.78. The fraction of sp³-hybridized carbons (Fsp3) is 0.417. The second-order valence-corrected chi connectivity index (χ2v) is 5.05. The van der Waals surface area contributed by atoms with Crippen LogP contribution in [-0.2, 0) is 0 Å². The Balaban J connectivity index is 1.69. The van der Waals surface area contributed by atoms with Gasteiger partial charge in [0.25, 0.3) is 5.91 Å². The summed E-state index contributed by atoms with van der Waals surface area (Å²) in [5, 5.41) is 10.5. The van der Waals surface area contributed by atoms with Gasteiger partial charge in [-0.1, -0.05) is 12.6 Å². The van der Waals surface area contributed by atoms with Crippen LogP contribution in [0.4, 0.5) is 0 Å². The highest BCUT2D eigenvalue weighted by molar-refractivity contribution is 7.03. The van der Waals surface area contributed by atoms with Gasteiger partial charge in [0.1, 0.15) is 11.0 Å². The molecule has 19 heavy (non-hydrogen) atoms. The molecule has 0 aliphatic carbocycles. The molecule has 0 atom stereocenters. The highest BCUT2D eigenvalue weighted by Gasteiger charge is 2.21. The number of rotatable bonds is 2. The maximum atomic E-state index is 12.1. The van der Waals surface area contributed by atoms with E-state index in [9.17, 15) is 4.79 Å². The maximum Gasteiger partial charge on any atom is 0.251 e. The van der Waals surface area contributed by atoms with Crippen LogP contribution in [0.3, 0.4) is 0 Å². The molecule has 1 N–H and O–H groups in total. The molecule has 1 fully saturated rings. The van der Waals surface area contributed by atoms with Crippen LogP contribution >= 0.6 is 0 Å². The minimum Gasteiger partial charge on any atom is -0.349 e. The standard InChI is InChI=1S/C12H13B2N3O2/c13-14-5-3-9(4-6-14)15-12(18)8-1-2-10-11(7-8)17-19-16-10/h1-2,7,9H,3-6H2,(H,15,18). The van der Waals surface area contributed by atoms with Crippen LogP contribution in [-0.4, -0.2) is 36.6 Å². The lowest BCUT2D eigenvalue weighted by molar-refractivity contribution is 0.0934. The molecule has 1 aromatic heterocycles. The molecule has 0 bridgehead atoms. The number of carbonyl (C=O) groups is 1. The van der Waals surface area contributed by atoms with Gasteiger partial charge in [0.15, 0.2) is 0 Å². The van der Waals surface area contributed by atoms with Crippen molar-refractivity contribution < 1.29 is 9.42 Å². The number of nitrogens with zero attached hydrogens (tertiary/aromatic N) is 2. The first kappa shape index (κ1) is 12.3. The second kappa shape index (κ2) is 5.07. The van der Waals surface area contributed by atoms with Crippen LogP contribution in [0.15, 0.2) is 22.8 Å². The SMILES string of the molecule is [B]B1CCC(NC(=O)c2ccc3nonc3c2)CC1. The molecule has 0 saturated carbocycles. The number of hydrogen-bond donors (Lipinski definition) is 1. The lowest BCUT2D eigenvalue weighted by atomic mass is 9.27. The minimum absolute atomic E-state index is 0.0784. The van der Waals surface area contributed by atoms with Gasteiger partial charge in [0.05, 0.1) is 6.60 Å². The van der Waals surface area contributed by atoms with Gasteiger partial charge in [-0.15, -0.1) is 0 Å².